The number of rotatable bonds is 3. The van der Waals surface area contributed by atoms with Crippen molar-refractivity contribution in [3.05, 3.63) is 41.5 Å². The predicted octanol–water partition coefficient (Wildman–Crippen LogP) is 1.93. The van der Waals surface area contributed by atoms with E-state index in [4.69, 9.17) is 5.11 Å². The molecule has 6 heteroatoms. The smallest absolute Gasteiger partial charge is 0.339 e. The second-order valence-electron chi connectivity index (χ2n) is 3.81. The fourth-order valence-corrected chi connectivity index (χ4v) is 1.41. The number of carbonyl (C=O) groups is 1. The molecular weight excluding hydrogens is 232 g/mol. The van der Waals surface area contributed by atoms with Crippen LogP contribution >= 0.6 is 0 Å². The molecule has 0 atom stereocenters. The minimum Gasteiger partial charge on any atom is -0.478 e. The van der Waals surface area contributed by atoms with E-state index in [9.17, 15) is 4.79 Å². The number of carboxylic acid groups (broad SMARTS) is 1. The van der Waals surface area contributed by atoms with Gasteiger partial charge in [-0.1, -0.05) is 0 Å². The molecule has 0 saturated carbocycles. The van der Waals surface area contributed by atoms with Gasteiger partial charge in [-0.15, -0.1) is 0 Å². The number of aryl methyl sites for hydroxylation is 2. The topological polar surface area (TPSA) is 88.0 Å². The van der Waals surface area contributed by atoms with Crippen molar-refractivity contribution in [1.29, 1.82) is 0 Å². The van der Waals surface area contributed by atoms with E-state index in [0.29, 0.717) is 11.6 Å². The molecule has 2 N–H and O–H groups in total. The molecule has 0 radical (unpaired) electrons. The predicted molar refractivity (Wildman–Crippen MR) is 66.0 cm³/mol. The molecule has 0 saturated heterocycles. The van der Waals surface area contributed by atoms with Crippen molar-refractivity contribution in [3.63, 3.8) is 0 Å². The van der Waals surface area contributed by atoms with Crippen molar-refractivity contribution in [1.82, 2.24) is 15.0 Å². The number of hydrogen-bond acceptors (Lipinski definition) is 5. The van der Waals surface area contributed by atoms with E-state index in [2.05, 4.69) is 20.3 Å². The molecule has 2 rings (SSSR count). The third-order valence-electron chi connectivity index (χ3n) is 2.38. The number of anilines is 2. The van der Waals surface area contributed by atoms with E-state index < -0.39 is 5.97 Å². The van der Waals surface area contributed by atoms with Crippen LogP contribution in [0, 0.1) is 13.8 Å². The van der Waals surface area contributed by atoms with Gasteiger partial charge in [-0.2, -0.15) is 0 Å². The van der Waals surface area contributed by atoms with Crippen LogP contribution in [0.4, 0.5) is 11.6 Å². The Morgan fingerprint density at radius 2 is 2.00 bits per heavy atom. The van der Waals surface area contributed by atoms with Gasteiger partial charge in [0.1, 0.15) is 0 Å². The molecular formula is C12H12N4O2. The average Bonchev–Trinajstić information content (AvgIpc) is 2.32. The van der Waals surface area contributed by atoms with Crippen molar-refractivity contribution < 1.29 is 9.90 Å². The highest BCUT2D eigenvalue weighted by atomic mass is 16.4. The average molecular weight is 244 g/mol. The highest BCUT2D eigenvalue weighted by Crippen LogP contribution is 2.13. The molecule has 2 aromatic heterocycles. The van der Waals surface area contributed by atoms with Crippen LogP contribution in [0.2, 0.25) is 0 Å². The number of aromatic carboxylic acids is 1. The molecule has 0 unspecified atom stereocenters. The van der Waals surface area contributed by atoms with Crippen LogP contribution in [0.15, 0.2) is 24.5 Å². The maximum atomic E-state index is 10.8. The lowest BCUT2D eigenvalue weighted by atomic mass is 10.2. The van der Waals surface area contributed by atoms with Crippen LogP contribution < -0.4 is 5.32 Å². The first-order valence-electron chi connectivity index (χ1n) is 5.33. The minimum atomic E-state index is -1.03. The zero-order chi connectivity index (χ0) is 13.1. The molecule has 0 fully saturated rings. The van der Waals surface area contributed by atoms with E-state index in [1.165, 1.54) is 6.20 Å². The van der Waals surface area contributed by atoms with Gasteiger partial charge in [0.25, 0.3) is 0 Å². The van der Waals surface area contributed by atoms with E-state index in [-0.39, 0.29) is 5.56 Å². The van der Waals surface area contributed by atoms with Gasteiger partial charge in [-0.05, 0) is 26.0 Å². The molecule has 0 amide bonds. The van der Waals surface area contributed by atoms with Gasteiger partial charge in [-0.25, -0.2) is 14.8 Å². The molecule has 2 heterocycles. The van der Waals surface area contributed by atoms with Crippen molar-refractivity contribution in [2.24, 2.45) is 0 Å². The lowest BCUT2D eigenvalue weighted by Crippen LogP contribution is -2.06. The maximum absolute atomic E-state index is 10.8. The van der Waals surface area contributed by atoms with Crippen LogP contribution in [0.3, 0.4) is 0 Å². The summed E-state index contributed by atoms with van der Waals surface area (Å²) in [6, 6.07) is 3.72. The molecule has 18 heavy (non-hydrogen) atoms. The Morgan fingerprint density at radius 3 is 2.56 bits per heavy atom. The third-order valence-corrected chi connectivity index (χ3v) is 2.38. The molecule has 0 aromatic carbocycles. The van der Waals surface area contributed by atoms with Crippen LogP contribution in [-0.4, -0.2) is 26.0 Å². The number of carboxylic acids is 1. The van der Waals surface area contributed by atoms with Crippen LogP contribution in [0.5, 0.6) is 0 Å². The van der Waals surface area contributed by atoms with Crippen LogP contribution in [0.1, 0.15) is 21.7 Å². The summed E-state index contributed by atoms with van der Waals surface area (Å²) >= 11 is 0. The molecule has 0 aliphatic heterocycles. The monoisotopic (exact) mass is 244 g/mol. The molecule has 0 bridgehead atoms. The largest absolute Gasteiger partial charge is 0.478 e. The van der Waals surface area contributed by atoms with E-state index in [0.717, 1.165) is 11.4 Å². The fraction of sp³-hybridized carbons (Fsp3) is 0.167. The molecule has 6 nitrogen and oxygen atoms in total. The summed E-state index contributed by atoms with van der Waals surface area (Å²) in [5.74, 6) is -0.681. The van der Waals surface area contributed by atoms with Gasteiger partial charge in [-0.3, -0.25) is 4.98 Å². The number of aromatic nitrogens is 3. The highest BCUT2D eigenvalue weighted by molar-refractivity contribution is 5.88. The van der Waals surface area contributed by atoms with E-state index >= 15 is 0 Å². The maximum Gasteiger partial charge on any atom is 0.339 e. The first kappa shape index (κ1) is 12.0. The molecule has 0 aliphatic carbocycles. The second kappa shape index (κ2) is 4.79. The zero-order valence-corrected chi connectivity index (χ0v) is 10.0. The normalized spacial score (nSPS) is 10.1. The summed E-state index contributed by atoms with van der Waals surface area (Å²) in [5, 5.41) is 11.8. The van der Waals surface area contributed by atoms with Crippen molar-refractivity contribution >= 4 is 17.6 Å². The Labute approximate surface area is 104 Å². The van der Waals surface area contributed by atoms with Gasteiger partial charge in [0.15, 0.2) is 0 Å². The quantitative estimate of drug-likeness (QED) is 0.857. The third kappa shape index (κ3) is 2.60. The Bertz CT molecular complexity index is 581. The van der Waals surface area contributed by atoms with Crippen LogP contribution in [-0.2, 0) is 0 Å². The Morgan fingerprint density at radius 1 is 1.22 bits per heavy atom. The van der Waals surface area contributed by atoms with Gasteiger partial charge in [0.2, 0.25) is 5.95 Å². The summed E-state index contributed by atoms with van der Waals surface area (Å²) in [7, 11) is 0. The standard InChI is InChI=1S/C12H12N4O2/c1-7-3-4-9(5-13-7)16-12-14-6-10(11(17)18)8(2)15-12/h3-6H,1-2H3,(H,17,18)(H,14,15,16). The van der Waals surface area contributed by atoms with E-state index in [1.807, 2.05) is 19.1 Å². The number of pyridine rings is 1. The summed E-state index contributed by atoms with van der Waals surface area (Å²) in [4.78, 5) is 23.0. The minimum absolute atomic E-state index is 0.0996. The molecule has 92 valence electrons. The molecule has 0 spiro atoms. The van der Waals surface area contributed by atoms with Gasteiger partial charge >= 0.3 is 5.97 Å². The summed E-state index contributed by atoms with van der Waals surface area (Å²) in [5.41, 5.74) is 2.18. The lowest BCUT2D eigenvalue weighted by Gasteiger charge is -2.06. The summed E-state index contributed by atoms with van der Waals surface area (Å²) in [6.45, 7) is 3.52. The number of nitrogens with one attached hydrogen (secondary N) is 1. The summed E-state index contributed by atoms with van der Waals surface area (Å²) < 4.78 is 0. The molecule has 0 aliphatic rings. The SMILES string of the molecule is Cc1ccc(Nc2ncc(C(=O)O)c(C)n2)cn1. The first-order valence-corrected chi connectivity index (χ1v) is 5.33. The van der Waals surface area contributed by atoms with Crippen molar-refractivity contribution in [2.75, 3.05) is 5.32 Å². The van der Waals surface area contributed by atoms with Gasteiger partial charge < -0.3 is 10.4 Å². The first-order chi connectivity index (χ1) is 8.56. The second-order valence-corrected chi connectivity index (χ2v) is 3.81. The molecule has 2 aromatic rings. The van der Waals surface area contributed by atoms with Gasteiger partial charge in [0.05, 0.1) is 23.1 Å². The van der Waals surface area contributed by atoms with E-state index in [1.54, 1.807) is 13.1 Å². The summed E-state index contributed by atoms with van der Waals surface area (Å²) in [6.07, 6.45) is 2.95. The Hall–Kier alpha value is -2.50. The van der Waals surface area contributed by atoms with Crippen LogP contribution in [0.25, 0.3) is 0 Å². The lowest BCUT2D eigenvalue weighted by molar-refractivity contribution is 0.0695. The van der Waals surface area contributed by atoms with Crippen molar-refractivity contribution in [3.8, 4) is 0 Å². The van der Waals surface area contributed by atoms with Gasteiger partial charge in [0, 0.05) is 11.9 Å². The van der Waals surface area contributed by atoms with Crippen molar-refractivity contribution in [2.45, 2.75) is 13.8 Å². The fourth-order valence-electron chi connectivity index (χ4n) is 1.41. The Kier molecular flexibility index (Phi) is 3.18. The number of hydrogen-bond donors (Lipinski definition) is 2. The Balaban J connectivity index is 2.22. The zero-order valence-electron chi connectivity index (χ0n) is 10.0. The highest BCUT2D eigenvalue weighted by Gasteiger charge is 2.09. The number of nitrogens with zero attached hydrogens (tertiary/aromatic N) is 3.